The molecular formula is C26H32N2O4S. The molecular weight excluding hydrogens is 436 g/mol. The summed E-state index contributed by atoms with van der Waals surface area (Å²) in [6, 6.07) is 12.9. The first-order valence-corrected chi connectivity index (χ1v) is 12.5. The van der Waals surface area contributed by atoms with Crippen LogP contribution < -0.4 is 20.1 Å². The van der Waals surface area contributed by atoms with Crippen molar-refractivity contribution in [3.05, 3.63) is 48.0 Å². The number of thioether (sulfide) groups is 1. The van der Waals surface area contributed by atoms with Gasteiger partial charge in [-0.2, -0.15) is 0 Å². The van der Waals surface area contributed by atoms with Crippen molar-refractivity contribution in [1.29, 1.82) is 0 Å². The van der Waals surface area contributed by atoms with Crippen molar-refractivity contribution >= 4 is 29.3 Å². The number of methoxy groups -OCH3 is 2. The van der Waals surface area contributed by atoms with Crippen molar-refractivity contribution in [3.63, 3.8) is 0 Å². The normalized spacial score (nSPS) is 22.0. The van der Waals surface area contributed by atoms with Gasteiger partial charge in [-0.25, -0.2) is 0 Å². The Morgan fingerprint density at radius 1 is 1.06 bits per heavy atom. The average molecular weight is 469 g/mol. The SMILES string of the molecule is COc1ccc(NC(=O)CSc2ccccc2C(=O)N[C@@H](C)[C@H]2C[C@@H]3CC[C@@H]2C3)cc1OC. The summed E-state index contributed by atoms with van der Waals surface area (Å²) in [5, 5.41) is 6.11. The Bertz CT molecular complexity index is 1010. The molecule has 33 heavy (non-hydrogen) atoms. The fourth-order valence-electron chi connectivity index (χ4n) is 5.33. The van der Waals surface area contributed by atoms with Gasteiger partial charge in [-0.05, 0) is 68.2 Å². The van der Waals surface area contributed by atoms with Gasteiger partial charge in [0.1, 0.15) is 0 Å². The van der Waals surface area contributed by atoms with Crippen molar-refractivity contribution < 1.29 is 19.1 Å². The van der Waals surface area contributed by atoms with Crippen molar-refractivity contribution in [3.8, 4) is 11.5 Å². The van der Waals surface area contributed by atoms with Gasteiger partial charge in [-0.15, -0.1) is 11.8 Å². The smallest absolute Gasteiger partial charge is 0.252 e. The van der Waals surface area contributed by atoms with E-state index in [9.17, 15) is 9.59 Å². The Hall–Kier alpha value is -2.67. The fraction of sp³-hybridized carbons (Fsp3) is 0.462. The molecule has 0 aliphatic heterocycles. The minimum absolute atomic E-state index is 0.0614. The van der Waals surface area contributed by atoms with Crippen LogP contribution in [0, 0.1) is 17.8 Å². The number of ether oxygens (including phenoxy) is 2. The van der Waals surface area contributed by atoms with Crippen molar-refractivity contribution in [2.24, 2.45) is 17.8 Å². The number of rotatable bonds is 9. The first kappa shape index (κ1) is 23.5. The molecule has 4 rings (SSSR count). The zero-order valence-electron chi connectivity index (χ0n) is 19.4. The number of carbonyl (C=O) groups is 2. The highest BCUT2D eigenvalue weighted by Crippen LogP contribution is 2.49. The molecule has 0 unspecified atom stereocenters. The van der Waals surface area contributed by atoms with Crippen LogP contribution in [-0.4, -0.2) is 37.8 Å². The largest absolute Gasteiger partial charge is 0.493 e. The van der Waals surface area contributed by atoms with Crippen LogP contribution in [0.2, 0.25) is 0 Å². The van der Waals surface area contributed by atoms with Crippen LogP contribution in [0.4, 0.5) is 5.69 Å². The zero-order chi connectivity index (χ0) is 23.4. The molecule has 2 N–H and O–H groups in total. The van der Waals surface area contributed by atoms with Crippen LogP contribution in [0.25, 0.3) is 0 Å². The van der Waals surface area contributed by atoms with Crippen LogP contribution in [0.5, 0.6) is 11.5 Å². The highest BCUT2D eigenvalue weighted by Gasteiger charge is 2.42. The maximum Gasteiger partial charge on any atom is 0.252 e. The second-order valence-electron chi connectivity index (χ2n) is 9.00. The molecule has 0 spiro atoms. The molecule has 2 aromatic carbocycles. The van der Waals surface area contributed by atoms with Crippen LogP contribution in [0.1, 0.15) is 43.0 Å². The zero-order valence-corrected chi connectivity index (χ0v) is 20.2. The highest BCUT2D eigenvalue weighted by molar-refractivity contribution is 8.00. The van der Waals surface area contributed by atoms with Crippen LogP contribution in [0.3, 0.4) is 0 Å². The van der Waals surface area contributed by atoms with E-state index in [0.29, 0.717) is 28.7 Å². The lowest BCUT2D eigenvalue weighted by molar-refractivity contribution is -0.113. The molecule has 2 saturated carbocycles. The van der Waals surface area contributed by atoms with E-state index in [1.54, 1.807) is 32.4 Å². The minimum atomic E-state index is -0.155. The summed E-state index contributed by atoms with van der Waals surface area (Å²) in [6.45, 7) is 2.13. The molecule has 2 fully saturated rings. The average Bonchev–Trinajstić information content (AvgIpc) is 3.47. The predicted octanol–water partition coefficient (Wildman–Crippen LogP) is 4.99. The van der Waals surface area contributed by atoms with Gasteiger partial charge in [-0.1, -0.05) is 18.6 Å². The van der Waals surface area contributed by atoms with Gasteiger partial charge in [0.25, 0.3) is 5.91 Å². The number of carbonyl (C=O) groups excluding carboxylic acids is 2. The van der Waals surface area contributed by atoms with E-state index < -0.39 is 0 Å². The van der Waals surface area contributed by atoms with E-state index in [0.717, 1.165) is 16.7 Å². The molecule has 2 aliphatic carbocycles. The molecule has 2 bridgehead atoms. The third-order valence-electron chi connectivity index (χ3n) is 6.95. The summed E-state index contributed by atoms with van der Waals surface area (Å²) in [6.07, 6.45) is 5.22. The van der Waals surface area contributed by atoms with E-state index in [-0.39, 0.29) is 23.6 Å². The van der Waals surface area contributed by atoms with Gasteiger partial charge in [-0.3, -0.25) is 9.59 Å². The van der Waals surface area contributed by atoms with E-state index >= 15 is 0 Å². The number of benzene rings is 2. The summed E-state index contributed by atoms with van der Waals surface area (Å²) in [4.78, 5) is 26.4. The number of nitrogens with one attached hydrogen (secondary N) is 2. The first-order valence-electron chi connectivity index (χ1n) is 11.5. The molecule has 0 radical (unpaired) electrons. The Kier molecular flexibility index (Phi) is 7.48. The van der Waals surface area contributed by atoms with E-state index in [1.165, 1.54) is 37.4 Å². The number of hydrogen-bond acceptors (Lipinski definition) is 5. The highest BCUT2D eigenvalue weighted by atomic mass is 32.2. The molecule has 2 aliphatic rings. The molecule has 2 amide bonds. The quantitative estimate of drug-likeness (QED) is 0.507. The number of fused-ring (bicyclic) bond motifs is 2. The lowest BCUT2D eigenvalue weighted by atomic mass is 9.84. The second-order valence-corrected chi connectivity index (χ2v) is 10.0. The van der Waals surface area contributed by atoms with E-state index in [1.807, 2.05) is 24.3 Å². The van der Waals surface area contributed by atoms with E-state index in [4.69, 9.17) is 9.47 Å². The topological polar surface area (TPSA) is 76.7 Å². The van der Waals surface area contributed by atoms with Gasteiger partial charge < -0.3 is 20.1 Å². The molecule has 0 aromatic heterocycles. The summed E-state index contributed by atoms with van der Waals surface area (Å²) < 4.78 is 10.5. The molecule has 4 atom stereocenters. The maximum atomic E-state index is 13.1. The van der Waals surface area contributed by atoms with Gasteiger partial charge in [0.05, 0.1) is 25.5 Å². The Morgan fingerprint density at radius 3 is 2.55 bits per heavy atom. The standard InChI is InChI=1S/C26H32N2O4S/c1-16(21-13-17-8-9-18(21)12-17)27-26(30)20-6-4-5-7-24(20)33-15-25(29)28-19-10-11-22(31-2)23(14-19)32-3/h4-7,10-11,14,16-18,21H,8-9,12-13,15H2,1-3H3,(H,27,30)(H,28,29)/t16-,17+,18+,21+/m0/s1. The summed E-state index contributed by atoms with van der Waals surface area (Å²) >= 11 is 1.36. The lowest BCUT2D eigenvalue weighted by Crippen LogP contribution is -2.40. The third kappa shape index (κ3) is 5.46. The monoisotopic (exact) mass is 468 g/mol. The van der Waals surface area contributed by atoms with Gasteiger partial charge >= 0.3 is 0 Å². The van der Waals surface area contributed by atoms with E-state index in [2.05, 4.69) is 17.6 Å². The molecule has 0 heterocycles. The van der Waals surface area contributed by atoms with Crippen molar-refractivity contribution in [1.82, 2.24) is 5.32 Å². The van der Waals surface area contributed by atoms with Crippen LogP contribution >= 0.6 is 11.8 Å². The first-order chi connectivity index (χ1) is 16.0. The Balaban J connectivity index is 1.34. The van der Waals surface area contributed by atoms with Gasteiger partial charge in [0.15, 0.2) is 11.5 Å². The fourth-order valence-corrected chi connectivity index (χ4v) is 6.18. The van der Waals surface area contributed by atoms with Crippen LogP contribution in [0.15, 0.2) is 47.4 Å². The van der Waals surface area contributed by atoms with Gasteiger partial charge in [0, 0.05) is 22.7 Å². The number of anilines is 1. The van der Waals surface area contributed by atoms with Crippen molar-refractivity contribution in [2.75, 3.05) is 25.3 Å². The number of hydrogen-bond donors (Lipinski definition) is 2. The van der Waals surface area contributed by atoms with Crippen molar-refractivity contribution in [2.45, 2.75) is 43.5 Å². The lowest BCUT2D eigenvalue weighted by Gasteiger charge is -2.28. The van der Waals surface area contributed by atoms with Crippen LogP contribution in [-0.2, 0) is 4.79 Å². The summed E-state index contributed by atoms with van der Waals surface area (Å²) in [5.41, 5.74) is 1.25. The molecule has 7 heteroatoms. The van der Waals surface area contributed by atoms with Gasteiger partial charge in [0.2, 0.25) is 5.91 Å². The Morgan fingerprint density at radius 2 is 1.85 bits per heavy atom. The Labute approximate surface area is 199 Å². The summed E-state index contributed by atoms with van der Waals surface area (Å²) in [7, 11) is 3.12. The molecule has 6 nitrogen and oxygen atoms in total. The number of amides is 2. The molecule has 2 aromatic rings. The minimum Gasteiger partial charge on any atom is -0.493 e. The molecule has 0 saturated heterocycles. The molecule has 176 valence electrons. The summed E-state index contributed by atoms with van der Waals surface area (Å²) in [5.74, 6) is 3.33. The predicted molar refractivity (Wildman–Crippen MR) is 131 cm³/mol. The maximum absolute atomic E-state index is 13.1. The second kappa shape index (κ2) is 10.5. The third-order valence-corrected chi connectivity index (χ3v) is 8.03.